The third-order valence-corrected chi connectivity index (χ3v) is 4.30. The molecule has 1 fully saturated rings. The molecule has 1 aromatic heterocycles. The van der Waals surface area contributed by atoms with Gasteiger partial charge in [0.2, 0.25) is 0 Å². The van der Waals surface area contributed by atoms with Crippen LogP contribution >= 0.6 is 11.8 Å². The first-order valence-electron chi connectivity index (χ1n) is 7.23. The molecule has 0 spiro atoms. The molecule has 3 heteroatoms. The SMILES string of the molecule is CCCNC(c1ccn(CCCSC)c1)C1CC1. The Kier molecular flexibility index (Phi) is 5.64. The minimum absolute atomic E-state index is 0.603. The largest absolute Gasteiger partial charge is 0.354 e. The van der Waals surface area contributed by atoms with Crippen LogP contribution in [0.15, 0.2) is 18.5 Å². The Balaban J connectivity index is 1.89. The van der Waals surface area contributed by atoms with E-state index in [0.29, 0.717) is 6.04 Å². The van der Waals surface area contributed by atoms with Crippen LogP contribution in [0.4, 0.5) is 0 Å². The quantitative estimate of drug-likeness (QED) is 0.687. The van der Waals surface area contributed by atoms with Crippen molar-refractivity contribution in [3.05, 3.63) is 24.0 Å². The summed E-state index contributed by atoms with van der Waals surface area (Å²) in [6.07, 6.45) is 12.1. The van der Waals surface area contributed by atoms with Crippen molar-refractivity contribution in [1.29, 1.82) is 0 Å². The zero-order valence-electron chi connectivity index (χ0n) is 11.7. The highest BCUT2D eigenvalue weighted by molar-refractivity contribution is 7.98. The van der Waals surface area contributed by atoms with Gasteiger partial charge in [0.05, 0.1) is 0 Å². The van der Waals surface area contributed by atoms with Crippen LogP contribution in [0.2, 0.25) is 0 Å². The van der Waals surface area contributed by atoms with Gasteiger partial charge in [-0.05, 0) is 61.8 Å². The van der Waals surface area contributed by atoms with E-state index in [1.165, 1.54) is 37.0 Å². The number of rotatable bonds is 9. The molecule has 0 saturated heterocycles. The number of hydrogen-bond donors (Lipinski definition) is 1. The van der Waals surface area contributed by atoms with E-state index in [1.807, 2.05) is 11.8 Å². The van der Waals surface area contributed by atoms with Crippen molar-refractivity contribution < 1.29 is 0 Å². The van der Waals surface area contributed by atoms with Crippen molar-refractivity contribution in [3.63, 3.8) is 0 Å². The topological polar surface area (TPSA) is 17.0 Å². The molecule has 0 aromatic carbocycles. The molecule has 1 N–H and O–H groups in total. The molecule has 1 atom stereocenters. The van der Waals surface area contributed by atoms with Crippen molar-refractivity contribution in [2.24, 2.45) is 5.92 Å². The normalized spacial score (nSPS) is 17.0. The van der Waals surface area contributed by atoms with E-state index >= 15 is 0 Å². The van der Waals surface area contributed by atoms with Crippen molar-refractivity contribution in [1.82, 2.24) is 9.88 Å². The van der Waals surface area contributed by atoms with E-state index in [1.54, 1.807) is 0 Å². The number of nitrogens with one attached hydrogen (secondary N) is 1. The molecule has 2 nitrogen and oxygen atoms in total. The highest BCUT2D eigenvalue weighted by Crippen LogP contribution is 2.41. The Labute approximate surface area is 116 Å². The van der Waals surface area contributed by atoms with Gasteiger partial charge < -0.3 is 9.88 Å². The molecule has 0 amide bonds. The van der Waals surface area contributed by atoms with Crippen LogP contribution in [0.5, 0.6) is 0 Å². The molecule has 18 heavy (non-hydrogen) atoms. The summed E-state index contributed by atoms with van der Waals surface area (Å²) in [5, 5.41) is 3.71. The number of hydrogen-bond acceptors (Lipinski definition) is 2. The highest BCUT2D eigenvalue weighted by atomic mass is 32.2. The fourth-order valence-corrected chi connectivity index (χ4v) is 2.88. The summed E-state index contributed by atoms with van der Waals surface area (Å²) in [6, 6.07) is 2.91. The van der Waals surface area contributed by atoms with Crippen LogP contribution in [0.3, 0.4) is 0 Å². The second kappa shape index (κ2) is 7.25. The third kappa shape index (κ3) is 4.06. The van der Waals surface area contributed by atoms with Gasteiger partial charge in [-0.2, -0.15) is 11.8 Å². The summed E-state index contributed by atoms with van der Waals surface area (Å²) in [5.74, 6) is 2.15. The number of nitrogens with zero attached hydrogens (tertiary/aromatic N) is 1. The molecule has 1 aliphatic carbocycles. The van der Waals surface area contributed by atoms with Gasteiger partial charge in [0.15, 0.2) is 0 Å². The third-order valence-electron chi connectivity index (χ3n) is 3.60. The summed E-state index contributed by atoms with van der Waals surface area (Å²) in [5.41, 5.74) is 1.50. The Bertz CT molecular complexity index is 344. The first kappa shape index (κ1) is 14.0. The van der Waals surface area contributed by atoms with E-state index in [4.69, 9.17) is 0 Å². The molecule has 1 aliphatic rings. The van der Waals surface area contributed by atoms with E-state index in [0.717, 1.165) is 19.0 Å². The lowest BCUT2D eigenvalue weighted by Crippen LogP contribution is -2.23. The average molecular weight is 266 g/mol. The van der Waals surface area contributed by atoms with Crippen LogP contribution in [0, 0.1) is 5.92 Å². The summed E-state index contributed by atoms with van der Waals surface area (Å²) >= 11 is 1.93. The van der Waals surface area contributed by atoms with E-state index < -0.39 is 0 Å². The smallest absolute Gasteiger partial charge is 0.0363 e. The fourth-order valence-electron chi connectivity index (χ4n) is 2.46. The van der Waals surface area contributed by atoms with E-state index in [-0.39, 0.29) is 0 Å². The van der Waals surface area contributed by atoms with Crippen LogP contribution in [-0.4, -0.2) is 23.1 Å². The van der Waals surface area contributed by atoms with Crippen molar-refractivity contribution >= 4 is 11.8 Å². The molecule has 1 aromatic rings. The molecule has 0 bridgehead atoms. The van der Waals surface area contributed by atoms with Crippen LogP contribution < -0.4 is 5.32 Å². The van der Waals surface area contributed by atoms with Gasteiger partial charge in [-0.1, -0.05) is 6.92 Å². The average Bonchev–Trinajstić information content (AvgIpc) is 3.10. The predicted molar refractivity (Wildman–Crippen MR) is 81.2 cm³/mol. The first-order valence-corrected chi connectivity index (χ1v) is 8.62. The minimum atomic E-state index is 0.603. The summed E-state index contributed by atoms with van der Waals surface area (Å²) in [4.78, 5) is 0. The Morgan fingerprint density at radius 3 is 3.00 bits per heavy atom. The zero-order valence-corrected chi connectivity index (χ0v) is 12.5. The minimum Gasteiger partial charge on any atom is -0.354 e. The van der Waals surface area contributed by atoms with Crippen LogP contribution in [0.25, 0.3) is 0 Å². The standard InChI is InChI=1S/C15H26N2S/c1-3-8-16-15(13-5-6-13)14-7-10-17(12-14)9-4-11-18-2/h7,10,12-13,15-16H,3-6,8-9,11H2,1-2H3. The molecule has 102 valence electrons. The maximum atomic E-state index is 3.71. The molecule has 0 aliphatic heterocycles. The Morgan fingerprint density at radius 1 is 1.50 bits per heavy atom. The Morgan fingerprint density at radius 2 is 2.33 bits per heavy atom. The monoisotopic (exact) mass is 266 g/mol. The van der Waals surface area contributed by atoms with E-state index in [9.17, 15) is 0 Å². The number of aromatic nitrogens is 1. The maximum absolute atomic E-state index is 3.71. The second-order valence-corrected chi connectivity index (χ2v) is 6.28. The summed E-state index contributed by atoms with van der Waals surface area (Å²) in [7, 11) is 0. The molecule has 1 heterocycles. The van der Waals surface area contributed by atoms with Crippen LogP contribution in [0.1, 0.15) is 44.2 Å². The highest BCUT2D eigenvalue weighted by Gasteiger charge is 2.32. The Hall–Kier alpha value is -0.410. The van der Waals surface area contributed by atoms with Gasteiger partial charge in [0.25, 0.3) is 0 Å². The molecule has 0 radical (unpaired) electrons. The van der Waals surface area contributed by atoms with Gasteiger partial charge in [-0.25, -0.2) is 0 Å². The van der Waals surface area contributed by atoms with Gasteiger partial charge in [-0.15, -0.1) is 0 Å². The van der Waals surface area contributed by atoms with Gasteiger partial charge in [0, 0.05) is 25.0 Å². The molecular weight excluding hydrogens is 240 g/mol. The predicted octanol–water partition coefficient (Wildman–Crippen LogP) is 3.69. The van der Waals surface area contributed by atoms with E-state index in [2.05, 4.69) is 41.5 Å². The molecule has 2 rings (SSSR count). The number of aryl methyl sites for hydroxylation is 1. The second-order valence-electron chi connectivity index (χ2n) is 5.30. The van der Waals surface area contributed by atoms with Gasteiger partial charge in [0.1, 0.15) is 0 Å². The lowest BCUT2D eigenvalue weighted by Gasteiger charge is -2.16. The first-order chi connectivity index (χ1) is 8.85. The van der Waals surface area contributed by atoms with Crippen LogP contribution in [-0.2, 0) is 6.54 Å². The zero-order chi connectivity index (χ0) is 12.8. The lowest BCUT2D eigenvalue weighted by atomic mass is 10.1. The van der Waals surface area contributed by atoms with Gasteiger partial charge >= 0.3 is 0 Å². The van der Waals surface area contributed by atoms with Gasteiger partial charge in [-0.3, -0.25) is 0 Å². The molecule has 1 saturated carbocycles. The van der Waals surface area contributed by atoms with Crippen molar-refractivity contribution in [2.75, 3.05) is 18.6 Å². The summed E-state index contributed by atoms with van der Waals surface area (Å²) in [6.45, 7) is 4.54. The fraction of sp³-hybridized carbons (Fsp3) is 0.733. The summed E-state index contributed by atoms with van der Waals surface area (Å²) < 4.78 is 2.36. The lowest BCUT2D eigenvalue weighted by molar-refractivity contribution is 0.480. The molecule has 1 unspecified atom stereocenters. The molecular formula is C15H26N2S. The maximum Gasteiger partial charge on any atom is 0.0363 e. The van der Waals surface area contributed by atoms with Crippen molar-refractivity contribution in [2.45, 2.75) is 45.2 Å². The van der Waals surface area contributed by atoms with Crippen molar-refractivity contribution in [3.8, 4) is 0 Å². The number of thioether (sulfide) groups is 1.